The minimum Gasteiger partial charge on any atom is -0.476 e. The van der Waals surface area contributed by atoms with Gasteiger partial charge in [-0.05, 0) is 92.3 Å². The molecule has 0 saturated heterocycles. The zero-order valence-corrected chi connectivity index (χ0v) is 15.7. The molecular formula is C22H32O3. The Morgan fingerprint density at radius 3 is 2.68 bits per heavy atom. The summed E-state index contributed by atoms with van der Waals surface area (Å²) in [6.07, 6.45) is 14.0. The van der Waals surface area contributed by atoms with Gasteiger partial charge in [-0.25, -0.2) is 4.79 Å². The Labute approximate surface area is 151 Å². The van der Waals surface area contributed by atoms with E-state index in [9.17, 15) is 9.59 Å². The molecule has 3 fully saturated rings. The number of rotatable bonds is 3. The zero-order valence-electron chi connectivity index (χ0n) is 15.7. The van der Waals surface area contributed by atoms with Crippen molar-refractivity contribution in [1.82, 2.24) is 0 Å². The maximum absolute atomic E-state index is 11.8. The number of carboxylic acids is 1. The van der Waals surface area contributed by atoms with E-state index in [2.05, 4.69) is 19.9 Å². The number of Topliss-reactive ketones (excluding diaryl/α,β-unsaturated/α-hetero) is 1. The summed E-state index contributed by atoms with van der Waals surface area (Å²) < 4.78 is 0. The zero-order chi connectivity index (χ0) is 17.8. The number of hydrogen-bond donors (Lipinski definition) is 1. The Morgan fingerprint density at radius 2 is 1.92 bits per heavy atom. The molecule has 25 heavy (non-hydrogen) atoms. The standard InChI is InChI=1S/C22H32O3/c1-21-11-4-3-5-14(21)6-8-16-17-9-7-15(13-19(23)20(24)25)22(17,2)12-10-18(16)21/h5,15-18H,3-4,6-13H2,1-2H3,(H,24,25)/t15-,16-,17-,18-,21-,22+/m0/s1. The first-order valence-corrected chi connectivity index (χ1v) is 10.3. The van der Waals surface area contributed by atoms with Crippen molar-refractivity contribution in [3.63, 3.8) is 0 Å². The van der Waals surface area contributed by atoms with E-state index in [1.807, 2.05) is 0 Å². The molecule has 4 aliphatic carbocycles. The Morgan fingerprint density at radius 1 is 1.12 bits per heavy atom. The van der Waals surface area contributed by atoms with Crippen LogP contribution in [0.3, 0.4) is 0 Å². The van der Waals surface area contributed by atoms with E-state index in [4.69, 9.17) is 5.11 Å². The predicted octanol–water partition coefficient (Wildman–Crippen LogP) is 5.00. The summed E-state index contributed by atoms with van der Waals surface area (Å²) in [5, 5.41) is 9.02. The van der Waals surface area contributed by atoms with Gasteiger partial charge in [0.05, 0.1) is 0 Å². The molecule has 3 saturated carbocycles. The Balaban J connectivity index is 1.57. The number of fused-ring (bicyclic) bond motifs is 5. The van der Waals surface area contributed by atoms with Gasteiger partial charge in [-0.1, -0.05) is 25.5 Å². The molecule has 4 rings (SSSR count). The molecule has 0 aromatic heterocycles. The van der Waals surface area contributed by atoms with Gasteiger partial charge in [-0.15, -0.1) is 0 Å². The van der Waals surface area contributed by atoms with E-state index in [-0.39, 0.29) is 17.8 Å². The predicted molar refractivity (Wildman–Crippen MR) is 97.1 cm³/mol. The van der Waals surface area contributed by atoms with Crippen LogP contribution in [0.1, 0.15) is 78.1 Å². The maximum atomic E-state index is 11.8. The van der Waals surface area contributed by atoms with E-state index in [0.717, 1.165) is 18.3 Å². The van der Waals surface area contributed by atoms with Gasteiger partial charge >= 0.3 is 5.97 Å². The molecule has 3 nitrogen and oxygen atoms in total. The first kappa shape index (κ1) is 17.3. The van der Waals surface area contributed by atoms with Crippen molar-refractivity contribution in [3.05, 3.63) is 11.6 Å². The van der Waals surface area contributed by atoms with Gasteiger partial charge in [0.1, 0.15) is 0 Å². The molecule has 0 aromatic carbocycles. The summed E-state index contributed by atoms with van der Waals surface area (Å²) in [4.78, 5) is 22.9. The molecule has 0 amide bonds. The number of carboxylic acid groups (broad SMARTS) is 1. The van der Waals surface area contributed by atoms with Crippen LogP contribution < -0.4 is 0 Å². The average Bonchev–Trinajstić information content (AvgIpc) is 2.91. The van der Waals surface area contributed by atoms with Crippen LogP contribution in [0.25, 0.3) is 0 Å². The molecule has 0 bridgehead atoms. The van der Waals surface area contributed by atoms with Gasteiger partial charge in [-0.3, -0.25) is 4.79 Å². The first-order chi connectivity index (χ1) is 11.9. The minimum atomic E-state index is -1.25. The third-order valence-corrected chi connectivity index (χ3v) is 8.89. The number of allylic oxidation sites excluding steroid dienone is 2. The van der Waals surface area contributed by atoms with Crippen LogP contribution in [0, 0.1) is 34.5 Å². The van der Waals surface area contributed by atoms with Crippen molar-refractivity contribution >= 4 is 11.8 Å². The highest BCUT2D eigenvalue weighted by Gasteiger charge is 2.58. The number of carbonyl (C=O) groups is 2. The fraction of sp³-hybridized carbons (Fsp3) is 0.818. The van der Waals surface area contributed by atoms with Crippen molar-refractivity contribution < 1.29 is 14.7 Å². The molecule has 0 aromatic rings. The van der Waals surface area contributed by atoms with Gasteiger partial charge in [0.15, 0.2) is 0 Å². The second-order valence-corrected chi connectivity index (χ2v) is 9.71. The highest BCUT2D eigenvalue weighted by molar-refractivity contribution is 6.32. The molecule has 0 spiro atoms. The molecule has 3 heteroatoms. The first-order valence-electron chi connectivity index (χ1n) is 10.3. The molecule has 0 aliphatic heterocycles. The number of ketones is 1. The molecular weight excluding hydrogens is 312 g/mol. The highest BCUT2D eigenvalue weighted by Crippen LogP contribution is 2.67. The molecule has 4 aliphatic rings. The Hall–Kier alpha value is -1.12. The largest absolute Gasteiger partial charge is 0.476 e. The van der Waals surface area contributed by atoms with Crippen molar-refractivity contribution in [1.29, 1.82) is 0 Å². The van der Waals surface area contributed by atoms with Gasteiger partial charge in [-0.2, -0.15) is 0 Å². The van der Waals surface area contributed by atoms with E-state index >= 15 is 0 Å². The van der Waals surface area contributed by atoms with Crippen LogP contribution in [-0.4, -0.2) is 16.9 Å². The van der Waals surface area contributed by atoms with Gasteiger partial charge < -0.3 is 5.11 Å². The molecule has 0 radical (unpaired) electrons. The SMILES string of the molecule is C[C@]12CC[C@H]3[C@@H](CCC4=CCCC[C@@]43C)[C@@H]1CC[C@H]2CC(=O)C(=O)O. The van der Waals surface area contributed by atoms with Gasteiger partial charge in [0, 0.05) is 6.42 Å². The maximum Gasteiger partial charge on any atom is 0.372 e. The lowest BCUT2D eigenvalue weighted by Gasteiger charge is -2.58. The van der Waals surface area contributed by atoms with E-state index < -0.39 is 11.8 Å². The van der Waals surface area contributed by atoms with Crippen molar-refractivity contribution in [2.45, 2.75) is 78.1 Å². The van der Waals surface area contributed by atoms with Gasteiger partial charge in [0.25, 0.3) is 0 Å². The third-order valence-electron chi connectivity index (χ3n) is 8.89. The molecule has 0 unspecified atom stereocenters. The topological polar surface area (TPSA) is 54.4 Å². The molecule has 138 valence electrons. The van der Waals surface area contributed by atoms with Crippen LogP contribution >= 0.6 is 0 Å². The summed E-state index contributed by atoms with van der Waals surface area (Å²) in [6.45, 7) is 4.90. The summed E-state index contributed by atoms with van der Waals surface area (Å²) in [5.41, 5.74) is 2.33. The van der Waals surface area contributed by atoms with E-state index in [1.165, 1.54) is 51.4 Å². The van der Waals surface area contributed by atoms with Crippen LogP contribution in [-0.2, 0) is 9.59 Å². The normalized spacial score (nSPS) is 45.8. The monoisotopic (exact) mass is 344 g/mol. The Kier molecular flexibility index (Phi) is 4.12. The van der Waals surface area contributed by atoms with Gasteiger partial charge in [0.2, 0.25) is 5.78 Å². The molecule has 6 atom stereocenters. The lowest BCUT2D eigenvalue weighted by molar-refractivity contribution is -0.150. The van der Waals surface area contributed by atoms with Crippen LogP contribution in [0.5, 0.6) is 0 Å². The van der Waals surface area contributed by atoms with Crippen molar-refractivity contribution in [2.24, 2.45) is 34.5 Å². The smallest absolute Gasteiger partial charge is 0.372 e. The van der Waals surface area contributed by atoms with E-state index in [0.29, 0.717) is 11.3 Å². The summed E-state index contributed by atoms with van der Waals surface area (Å²) in [5.74, 6) is 0.727. The minimum absolute atomic E-state index is 0.179. The second kappa shape index (κ2) is 5.96. The summed E-state index contributed by atoms with van der Waals surface area (Å²) in [7, 11) is 0. The number of carbonyl (C=O) groups excluding carboxylic acids is 1. The van der Waals surface area contributed by atoms with Crippen LogP contribution in [0.2, 0.25) is 0 Å². The fourth-order valence-electron chi connectivity index (χ4n) is 7.51. The molecule has 0 heterocycles. The fourth-order valence-corrected chi connectivity index (χ4v) is 7.51. The second-order valence-electron chi connectivity index (χ2n) is 9.71. The number of aliphatic carboxylic acids is 1. The average molecular weight is 344 g/mol. The van der Waals surface area contributed by atoms with Crippen LogP contribution in [0.4, 0.5) is 0 Å². The Bertz CT molecular complexity index is 621. The lowest BCUT2D eigenvalue weighted by atomic mass is 9.47. The lowest BCUT2D eigenvalue weighted by Crippen LogP contribution is -2.50. The summed E-state index contributed by atoms with van der Waals surface area (Å²) in [6, 6.07) is 0. The highest BCUT2D eigenvalue weighted by atomic mass is 16.4. The van der Waals surface area contributed by atoms with Crippen molar-refractivity contribution in [2.75, 3.05) is 0 Å². The summed E-state index contributed by atoms with van der Waals surface area (Å²) >= 11 is 0. The quantitative estimate of drug-likeness (QED) is 0.579. The van der Waals surface area contributed by atoms with E-state index in [1.54, 1.807) is 5.57 Å². The van der Waals surface area contributed by atoms with Crippen molar-refractivity contribution in [3.8, 4) is 0 Å². The third kappa shape index (κ3) is 2.52. The van der Waals surface area contributed by atoms with Crippen LogP contribution in [0.15, 0.2) is 11.6 Å². The number of hydrogen-bond acceptors (Lipinski definition) is 2. The molecule has 1 N–H and O–H groups in total.